The van der Waals surface area contributed by atoms with Crippen LogP contribution in [0.4, 0.5) is 0 Å². The Hall–Kier alpha value is -1.99. The Kier molecular flexibility index (Phi) is 4.94. The fourth-order valence-electron chi connectivity index (χ4n) is 3.39. The van der Waals surface area contributed by atoms with Crippen molar-refractivity contribution < 1.29 is 9.84 Å². The Morgan fingerprint density at radius 2 is 2.08 bits per heavy atom. The van der Waals surface area contributed by atoms with Crippen LogP contribution in [0.2, 0.25) is 0 Å². The first-order chi connectivity index (χ1) is 12.3. The third kappa shape index (κ3) is 3.52. The fraction of sp³-hybridized carbons (Fsp3) is 0.316. The average molecular weight is 355 g/mol. The molecule has 1 saturated heterocycles. The number of morpholine rings is 1. The van der Waals surface area contributed by atoms with Crippen molar-refractivity contribution in [2.75, 3.05) is 19.8 Å². The van der Waals surface area contributed by atoms with Gasteiger partial charge in [-0.15, -0.1) is 11.3 Å². The number of hydrogen-bond acceptors (Lipinski definition) is 5. The molecule has 2 aromatic heterocycles. The SMILES string of the molecule is OC[C@@H]1OCCN(Cc2ccc(-c3ccn[nH]3)s2)[C@H]1c1ccccc1. The smallest absolute Gasteiger partial charge is 0.100 e. The quantitative estimate of drug-likeness (QED) is 0.738. The molecule has 25 heavy (non-hydrogen) atoms. The van der Waals surface area contributed by atoms with E-state index in [9.17, 15) is 5.11 Å². The highest BCUT2D eigenvalue weighted by Crippen LogP contribution is 2.33. The van der Waals surface area contributed by atoms with E-state index in [0.717, 1.165) is 18.8 Å². The number of aromatic amines is 1. The van der Waals surface area contributed by atoms with Gasteiger partial charge in [0.2, 0.25) is 0 Å². The Balaban J connectivity index is 1.57. The normalized spacial score (nSPS) is 21.5. The first kappa shape index (κ1) is 16.5. The molecular formula is C19H21N3O2S. The molecule has 1 aliphatic rings. The molecule has 0 amide bonds. The van der Waals surface area contributed by atoms with Crippen LogP contribution >= 0.6 is 11.3 Å². The molecule has 4 rings (SSSR count). The highest BCUT2D eigenvalue weighted by atomic mass is 32.1. The topological polar surface area (TPSA) is 61.4 Å². The zero-order valence-electron chi connectivity index (χ0n) is 13.8. The minimum absolute atomic E-state index is 0.0277. The summed E-state index contributed by atoms with van der Waals surface area (Å²) in [6, 6.07) is 16.7. The van der Waals surface area contributed by atoms with E-state index in [1.807, 2.05) is 24.3 Å². The lowest BCUT2D eigenvalue weighted by atomic mass is 9.98. The number of aliphatic hydroxyl groups is 1. The second-order valence-corrected chi connectivity index (χ2v) is 7.32. The van der Waals surface area contributed by atoms with Crippen LogP contribution in [0.15, 0.2) is 54.7 Å². The number of aromatic nitrogens is 2. The number of thiophene rings is 1. The summed E-state index contributed by atoms with van der Waals surface area (Å²) in [4.78, 5) is 4.89. The predicted octanol–water partition coefficient (Wildman–Crippen LogP) is 3.07. The van der Waals surface area contributed by atoms with Crippen LogP contribution in [0.5, 0.6) is 0 Å². The Bertz CT molecular complexity index is 788. The van der Waals surface area contributed by atoms with Gasteiger partial charge in [-0.3, -0.25) is 10.00 Å². The first-order valence-electron chi connectivity index (χ1n) is 8.45. The molecule has 0 saturated carbocycles. The van der Waals surface area contributed by atoms with Crippen molar-refractivity contribution in [2.45, 2.75) is 18.7 Å². The van der Waals surface area contributed by atoms with E-state index in [1.54, 1.807) is 17.5 Å². The van der Waals surface area contributed by atoms with Gasteiger partial charge in [-0.05, 0) is 23.8 Å². The number of hydrogen-bond donors (Lipinski definition) is 2. The van der Waals surface area contributed by atoms with Gasteiger partial charge in [-0.2, -0.15) is 5.10 Å². The molecular weight excluding hydrogens is 334 g/mol. The maximum absolute atomic E-state index is 9.78. The van der Waals surface area contributed by atoms with Crippen LogP contribution in [0, 0.1) is 0 Å². The van der Waals surface area contributed by atoms with E-state index in [1.165, 1.54) is 15.3 Å². The summed E-state index contributed by atoms with van der Waals surface area (Å²) in [5.41, 5.74) is 2.23. The van der Waals surface area contributed by atoms with Crippen molar-refractivity contribution in [1.82, 2.24) is 15.1 Å². The fourth-order valence-corrected chi connectivity index (χ4v) is 4.40. The number of benzene rings is 1. The molecule has 0 aliphatic carbocycles. The summed E-state index contributed by atoms with van der Waals surface area (Å²) in [6.07, 6.45) is 1.58. The molecule has 2 atom stereocenters. The van der Waals surface area contributed by atoms with Gasteiger partial charge in [0.1, 0.15) is 6.10 Å². The minimum Gasteiger partial charge on any atom is -0.394 e. The number of nitrogens with one attached hydrogen (secondary N) is 1. The lowest BCUT2D eigenvalue weighted by Gasteiger charge is -2.40. The van der Waals surface area contributed by atoms with Gasteiger partial charge in [0.05, 0.1) is 29.8 Å². The maximum Gasteiger partial charge on any atom is 0.100 e. The third-order valence-electron chi connectivity index (χ3n) is 4.56. The zero-order chi connectivity index (χ0) is 17.1. The van der Waals surface area contributed by atoms with E-state index in [0.29, 0.717) is 6.61 Å². The molecule has 130 valence electrons. The van der Waals surface area contributed by atoms with Crippen molar-refractivity contribution in [3.05, 3.63) is 65.2 Å². The molecule has 2 N–H and O–H groups in total. The maximum atomic E-state index is 9.78. The lowest BCUT2D eigenvalue weighted by molar-refractivity contribution is -0.0957. The molecule has 6 heteroatoms. The summed E-state index contributed by atoms with van der Waals surface area (Å²) >= 11 is 1.77. The Labute approximate surface area is 150 Å². The zero-order valence-corrected chi connectivity index (χ0v) is 14.7. The monoisotopic (exact) mass is 355 g/mol. The van der Waals surface area contributed by atoms with Crippen LogP contribution in [-0.4, -0.2) is 46.1 Å². The molecule has 0 spiro atoms. The molecule has 5 nitrogen and oxygen atoms in total. The van der Waals surface area contributed by atoms with Crippen molar-refractivity contribution >= 4 is 11.3 Å². The average Bonchev–Trinajstić information content (AvgIpc) is 3.34. The van der Waals surface area contributed by atoms with Crippen LogP contribution in [-0.2, 0) is 11.3 Å². The highest BCUT2D eigenvalue weighted by molar-refractivity contribution is 7.15. The van der Waals surface area contributed by atoms with E-state index in [4.69, 9.17) is 4.74 Å². The van der Waals surface area contributed by atoms with E-state index in [-0.39, 0.29) is 18.8 Å². The third-order valence-corrected chi connectivity index (χ3v) is 5.67. The molecule has 0 radical (unpaired) electrons. The van der Waals surface area contributed by atoms with Crippen molar-refractivity contribution in [2.24, 2.45) is 0 Å². The van der Waals surface area contributed by atoms with Gasteiger partial charge < -0.3 is 9.84 Å². The number of aliphatic hydroxyl groups excluding tert-OH is 1. The van der Waals surface area contributed by atoms with Gasteiger partial charge in [-0.1, -0.05) is 30.3 Å². The minimum atomic E-state index is -0.191. The van der Waals surface area contributed by atoms with Crippen molar-refractivity contribution in [3.63, 3.8) is 0 Å². The molecule has 0 bridgehead atoms. The second kappa shape index (κ2) is 7.49. The molecule has 1 fully saturated rings. The van der Waals surface area contributed by atoms with Crippen molar-refractivity contribution in [3.8, 4) is 10.6 Å². The molecule has 3 aromatic rings. The summed E-state index contributed by atoms with van der Waals surface area (Å²) in [7, 11) is 0. The number of rotatable bonds is 5. The largest absolute Gasteiger partial charge is 0.394 e. The molecule has 1 aliphatic heterocycles. The van der Waals surface area contributed by atoms with Gasteiger partial charge in [0, 0.05) is 24.2 Å². The van der Waals surface area contributed by atoms with Gasteiger partial charge >= 0.3 is 0 Å². The highest BCUT2D eigenvalue weighted by Gasteiger charge is 2.33. The Morgan fingerprint density at radius 1 is 1.20 bits per heavy atom. The van der Waals surface area contributed by atoms with Gasteiger partial charge in [-0.25, -0.2) is 0 Å². The summed E-state index contributed by atoms with van der Waals surface area (Å²) < 4.78 is 5.82. The summed E-state index contributed by atoms with van der Waals surface area (Å²) in [6.45, 7) is 2.37. The van der Waals surface area contributed by atoms with Gasteiger partial charge in [0.15, 0.2) is 0 Å². The molecule has 1 aromatic carbocycles. The van der Waals surface area contributed by atoms with Crippen LogP contribution in [0.1, 0.15) is 16.5 Å². The molecule has 0 unspecified atom stereocenters. The standard InChI is InChI=1S/C19H21N3O2S/c23-13-17-19(14-4-2-1-3-5-14)22(10-11-24-17)12-15-6-7-18(25-15)16-8-9-20-21-16/h1-9,17,19,23H,10-13H2,(H,20,21)/t17-,19-/m0/s1. The summed E-state index contributed by atoms with van der Waals surface area (Å²) in [5.74, 6) is 0. The summed E-state index contributed by atoms with van der Waals surface area (Å²) in [5, 5.41) is 16.8. The van der Waals surface area contributed by atoms with E-state index >= 15 is 0 Å². The van der Waals surface area contributed by atoms with E-state index < -0.39 is 0 Å². The number of nitrogens with zero attached hydrogens (tertiary/aromatic N) is 2. The second-order valence-electron chi connectivity index (χ2n) is 6.15. The predicted molar refractivity (Wildman–Crippen MR) is 98.3 cm³/mol. The van der Waals surface area contributed by atoms with Crippen molar-refractivity contribution in [1.29, 1.82) is 0 Å². The first-order valence-corrected chi connectivity index (χ1v) is 9.26. The lowest BCUT2D eigenvalue weighted by Crippen LogP contribution is -2.46. The van der Waals surface area contributed by atoms with Crippen LogP contribution < -0.4 is 0 Å². The van der Waals surface area contributed by atoms with Gasteiger partial charge in [0.25, 0.3) is 0 Å². The number of ether oxygens (including phenoxy) is 1. The molecule has 3 heterocycles. The van der Waals surface area contributed by atoms with E-state index in [2.05, 4.69) is 39.4 Å². The Morgan fingerprint density at radius 3 is 2.84 bits per heavy atom. The number of H-pyrrole nitrogens is 1. The van der Waals surface area contributed by atoms with Crippen LogP contribution in [0.25, 0.3) is 10.6 Å². The van der Waals surface area contributed by atoms with Crippen LogP contribution in [0.3, 0.4) is 0 Å².